The summed E-state index contributed by atoms with van der Waals surface area (Å²) in [4.78, 5) is 19.7. The van der Waals surface area contributed by atoms with E-state index >= 15 is 0 Å². The number of para-hydroxylation sites is 2. The minimum atomic E-state index is 0.533. The van der Waals surface area contributed by atoms with Crippen LogP contribution in [0.25, 0.3) is 123 Å². The molecular weight excluding hydrogens is 739 g/mol. The number of rotatable bonds is 6. The van der Waals surface area contributed by atoms with Crippen molar-refractivity contribution in [2.45, 2.75) is 0 Å². The van der Waals surface area contributed by atoms with Crippen molar-refractivity contribution in [3.05, 3.63) is 186 Å². The van der Waals surface area contributed by atoms with E-state index in [2.05, 4.69) is 89.2 Å². The van der Waals surface area contributed by atoms with E-state index in [1.807, 2.05) is 97.1 Å². The minimum Gasteiger partial charge on any atom is -0.455 e. The van der Waals surface area contributed by atoms with Crippen molar-refractivity contribution >= 4 is 60.6 Å². The topological polar surface area (TPSA) is 82.8 Å². The van der Waals surface area contributed by atoms with Gasteiger partial charge in [0.2, 0.25) is 5.89 Å². The van der Waals surface area contributed by atoms with Crippen molar-refractivity contribution in [3.63, 3.8) is 0 Å². The fourth-order valence-electron chi connectivity index (χ4n) is 8.64. The molecule has 0 unspecified atom stereocenters. The van der Waals surface area contributed by atoms with Gasteiger partial charge in [0.15, 0.2) is 23.1 Å². The number of benzene rings is 8. The second kappa shape index (κ2) is 12.6. The van der Waals surface area contributed by atoms with Gasteiger partial charge in [0.1, 0.15) is 16.7 Å². The van der Waals surface area contributed by atoms with Crippen LogP contribution in [0.3, 0.4) is 0 Å². The number of hydrogen-bond donors (Lipinski definition) is 0. The van der Waals surface area contributed by atoms with Crippen LogP contribution in [0.5, 0.6) is 0 Å². The van der Waals surface area contributed by atoms with Gasteiger partial charge in [0.05, 0.1) is 11.0 Å². The van der Waals surface area contributed by atoms with Crippen LogP contribution in [0.4, 0.5) is 0 Å². The fourth-order valence-corrected chi connectivity index (χ4v) is 8.64. The first kappa shape index (κ1) is 32.7. The predicted octanol–water partition coefficient (Wildman–Crippen LogP) is 11.4. The Balaban J connectivity index is 0.899. The monoisotopic (exact) mass is 767 g/mol. The van der Waals surface area contributed by atoms with Gasteiger partial charge in [0, 0.05) is 65.5 Å². The molecule has 0 spiro atoms. The van der Waals surface area contributed by atoms with E-state index in [0.29, 0.717) is 34.5 Å². The molecule has 0 N–H and O–H groups in total. The number of furan rings is 1. The molecule has 0 atom stereocenters. The Hall–Kier alpha value is -8.38. The lowest BCUT2D eigenvalue weighted by molar-refractivity contribution is 0.620. The van der Waals surface area contributed by atoms with E-state index in [4.69, 9.17) is 28.8 Å². The normalized spacial score (nSPS) is 12.0. The molecule has 7 nitrogen and oxygen atoms in total. The molecule has 4 aromatic heterocycles. The Morgan fingerprint density at radius 3 is 1.90 bits per heavy atom. The van der Waals surface area contributed by atoms with Crippen molar-refractivity contribution in [1.29, 1.82) is 0 Å². The number of hydrogen-bond acceptors (Lipinski definition) is 6. The average Bonchev–Trinajstić information content (AvgIpc) is 3.63. The first-order valence-corrected chi connectivity index (χ1v) is 19.9. The second-order valence-corrected chi connectivity index (χ2v) is 15.1. The molecule has 0 fully saturated rings. The van der Waals surface area contributed by atoms with Gasteiger partial charge in [0.25, 0.3) is 0 Å². The predicted molar refractivity (Wildman–Crippen MR) is 238 cm³/mol. The summed E-state index contributed by atoms with van der Waals surface area (Å²) in [5, 5.41) is 6.92. The van der Waals surface area contributed by atoms with E-state index < -0.39 is 0 Å². The van der Waals surface area contributed by atoms with Gasteiger partial charge in [-0.05, 0) is 72.3 Å². The summed E-state index contributed by atoms with van der Waals surface area (Å²) in [6, 6.07) is 60.0. The maximum atomic E-state index is 6.51. The molecule has 7 heteroatoms. The molecule has 4 heterocycles. The number of aromatic nitrogens is 5. The summed E-state index contributed by atoms with van der Waals surface area (Å²) in [5.41, 5.74) is 15.6. The highest BCUT2D eigenvalue weighted by atomic mass is 16.3. The van der Waals surface area contributed by atoms with Gasteiger partial charge in [-0.25, -0.2) is 19.9 Å². The Morgan fingerprint density at radius 2 is 1.10 bits per heavy atom. The van der Waals surface area contributed by atoms with E-state index in [-0.39, 0.29) is 0 Å². The summed E-state index contributed by atoms with van der Waals surface area (Å²) in [6.07, 6.45) is 0. The lowest BCUT2D eigenvalue weighted by Gasteiger charge is -2.09. The molecule has 8 aromatic carbocycles. The summed E-state index contributed by atoms with van der Waals surface area (Å²) >= 11 is 0. The number of nitrogens with zero attached hydrogens (tertiary/aromatic N) is 5. The van der Waals surface area contributed by atoms with Gasteiger partial charge < -0.3 is 13.4 Å². The third-order valence-corrected chi connectivity index (χ3v) is 11.5. The Labute approximate surface area is 341 Å². The molecule has 1 aliphatic rings. The first-order valence-electron chi connectivity index (χ1n) is 19.9. The zero-order valence-electron chi connectivity index (χ0n) is 31.8. The Bertz CT molecular complexity index is 3820. The molecule has 0 saturated carbocycles. The summed E-state index contributed by atoms with van der Waals surface area (Å²) in [5.74, 6) is 2.31. The molecule has 60 heavy (non-hydrogen) atoms. The lowest BCUT2D eigenvalue weighted by Crippen LogP contribution is -2.08. The molecule has 0 amide bonds. The number of fused-ring (bicyclic) bond motifs is 9. The van der Waals surface area contributed by atoms with Crippen LogP contribution >= 0.6 is 0 Å². The van der Waals surface area contributed by atoms with E-state index in [1.54, 1.807) is 0 Å². The molecule has 0 aliphatic heterocycles. The lowest BCUT2D eigenvalue weighted by atomic mass is 10.0. The zero-order chi connectivity index (χ0) is 39.3. The Kier molecular flexibility index (Phi) is 6.84. The maximum Gasteiger partial charge on any atom is 0.227 e. The smallest absolute Gasteiger partial charge is 0.227 e. The summed E-state index contributed by atoms with van der Waals surface area (Å²) in [7, 11) is 0. The van der Waals surface area contributed by atoms with Gasteiger partial charge in [-0.3, -0.25) is 0 Å². The van der Waals surface area contributed by atoms with Gasteiger partial charge in [-0.15, -0.1) is 5.73 Å². The van der Waals surface area contributed by atoms with Crippen LogP contribution in [0.15, 0.2) is 185 Å². The van der Waals surface area contributed by atoms with E-state index in [1.165, 1.54) is 5.39 Å². The molecule has 1 aliphatic carbocycles. The number of oxazole rings is 1. The van der Waals surface area contributed by atoms with E-state index in [0.717, 1.165) is 87.9 Å². The second-order valence-electron chi connectivity index (χ2n) is 15.1. The van der Waals surface area contributed by atoms with Crippen LogP contribution < -0.4 is 10.4 Å². The third-order valence-electron chi connectivity index (χ3n) is 11.5. The van der Waals surface area contributed by atoms with Crippen LogP contribution in [-0.4, -0.2) is 24.5 Å². The van der Waals surface area contributed by atoms with Crippen molar-refractivity contribution in [3.8, 4) is 62.4 Å². The van der Waals surface area contributed by atoms with Crippen molar-refractivity contribution in [2.24, 2.45) is 0 Å². The molecule has 13 rings (SSSR count). The standard InChI is InChI=1S/C53H29N5O2/c1-3-12-31(13-4-1)50-55-51(32-14-5-2-6-15-32)57-52(56-50)34-23-25-47-43(30-34)54-53(60-47)35-16-11-17-37(26-35)58-44-20-9-7-18-38(44)42-27-33(22-24-45(42)58)41-29-36-28-40(36)48-39-19-8-10-21-46(39)59-49(41)48/h1-27,29-30H. The third kappa shape index (κ3) is 5.10. The molecule has 0 bridgehead atoms. The summed E-state index contributed by atoms with van der Waals surface area (Å²) in [6.45, 7) is 0. The molecular formula is C53H29N5O2. The highest BCUT2D eigenvalue weighted by molar-refractivity contribution is 6.14. The van der Waals surface area contributed by atoms with Crippen molar-refractivity contribution in [2.75, 3.05) is 0 Å². The minimum absolute atomic E-state index is 0.533. The molecule has 0 radical (unpaired) electrons. The fraction of sp³-hybridized carbons (Fsp3) is 0. The van der Waals surface area contributed by atoms with Crippen LogP contribution in [0, 0.1) is 0 Å². The van der Waals surface area contributed by atoms with E-state index in [9.17, 15) is 0 Å². The molecule has 0 saturated heterocycles. The SMILES string of the molecule is C1=c2cc(-c3ccc4c(c3)c3ccccc3n4-c3cccc(-c4nc5cc(-c6nc(-c7ccccc7)nc(-c7ccccc7)n6)ccc5o4)c3)c3oc4ccccc4c3c2=1. The highest BCUT2D eigenvalue weighted by Crippen LogP contribution is 2.39. The van der Waals surface area contributed by atoms with Gasteiger partial charge in [-0.1, -0.05) is 109 Å². The maximum absolute atomic E-state index is 6.51. The van der Waals surface area contributed by atoms with Gasteiger partial charge in [-0.2, -0.15) is 0 Å². The Morgan fingerprint density at radius 1 is 0.433 bits per heavy atom. The van der Waals surface area contributed by atoms with Gasteiger partial charge >= 0.3 is 0 Å². The molecule has 278 valence electrons. The molecule has 12 aromatic rings. The van der Waals surface area contributed by atoms with Crippen molar-refractivity contribution in [1.82, 2.24) is 24.5 Å². The highest BCUT2D eigenvalue weighted by Gasteiger charge is 2.21. The summed E-state index contributed by atoms with van der Waals surface area (Å²) < 4.78 is 15.3. The zero-order valence-corrected chi connectivity index (χ0v) is 31.8. The van der Waals surface area contributed by atoms with Crippen LogP contribution in [0.1, 0.15) is 0 Å². The quantitative estimate of drug-likeness (QED) is 0.168. The first-order chi connectivity index (χ1) is 29.7. The van der Waals surface area contributed by atoms with Crippen molar-refractivity contribution < 1.29 is 8.83 Å². The largest absolute Gasteiger partial charge is 0.455 e. The van der Waals surface area contributed by atoms with Crippen LogP contribution in [0.2, 0.25) is 0 Å². The average molecular weight is 768 g/mol. The van der Waals surface area contributed by atoms with Crippen LogP contribution in [-0.2, 0) is 0 Å².